The molecule has 0 radical (unpaired) electrons. The van der Waals surface area contributed by atoms with Crippen LogP contribution in [0.1, 0.15) is 23.2 Å². The Labute approximate surface area is 180 Å². The molecule has 29 heavy (non-hydrogen) atoms. The average molecular weight is 431 g/mol. The van der Waals surface area contributed by atoms with Gasteiger partial charge in [-0.2, -0.15) is 0 Å². The Kier molecular flexibility index (Phi) is 6.01. The number of ether oxygens (including phenoxy) is 1. The zero-order valence-corrected chi connectivity index (χ0v) is 17.6. The first kappa shape index (κ1) is 20.1. The number of nitrogens with zero attached hydrogens (tertiary/aromatic N) is 2. The van der Waals surface area contributed by atoms with E-state index in [0.717, 1.165) is 25.1 Å². The van der Waals surface area contributed by atoms with E-state index in [2.05, 4.69) is 0 Å². The van der Waals surface area contributed by atoms with Crippen LogP contribution in [0.3, 0.4) is 0 Å². The van der Waals surface area contributed by atoms with E-state index < -0.39 is 0 Å². The van der Waals surface area contributed by atoms with Gasteiger partial charge in [-0.05, 0) is 43.2 Å². The number of halogens is 1. The fourth-order valence-corrected chi connectivity index (χ4v) is 5.64. The van der Waals surface area contributed by atoms with Crippen molar-refractivity contribution in [1.82, 2.24) is 9.80 Å². The molecule has 2 amide bonds. The number of benzene rings is 2. The largest absolute Gasteiger partial charge is 0.484 e. The summed E-state index contributed by atoms with van der Waals surface area (Å²) >= 11 is 7.85. The fraction of sp³-hybridized carbons (Fsp3) is 0.364. The van der Waals surface area contributed by atoms with Gasteiger partial charge in [-0.25, -0.2) is 0 Å². The molecule has 2 aromatic carbocycles. The van der Waals surface area contributed by atoms with Crippen molar-refractivity contribution in [2.45, 2.75) is 17.7 Å². The van der Waals surface area contributed by atoms with Gasteiger partial charge in [0.05, 0.1) is 4.87 Å². The Morgan fingerprint density at radius 3 is 2.52 bits per heavy atom. The highest BCUT2D eigenvalue weighted by molar-refractivity contribution is 8.00. The molecule has 0 saturated carbocycles. The van der Waals surface area contributed by atoms with Crippen LogP contribution in [0.5, 0.6) is 5.75 Å². The minimum Gasteiger partial charge on any atom is -0.484 e. The lowest BCUT2D eigenvalue weighted by Gasteiger charge is -2.44. The highest BCUT2D eigenvalue weighted by atomic mass is 35.5. The lowest BCUT2D eigenvalue weighted by molar-refractivity contribution is -0.136. The second-order valence-electron chi connectivity index (χ2n) is 7.24. The molecule has 0 aliphatic carbocycles. The number of likely N-dealkylation sites (tertiary alicyclic amines) is 1. The Morgan fingerprint density at radius 2 is 1.79 bits per heavy atom. The molecule has 0 aromatic heterocycles. The Morgan fingerprint density at radius 1 is 1.03 bits per heavy atom. The van der Waals surface area contributed by atoms with Crippen LogP contribution in [0.4, 0.5) is 0 Å². The highest BCUT2D eigenvalue weighted by Crippen LogP contribution is 2.44. The zero-order chi connectivity index (χ0) is 20.3. The monoisotopic (exact) mass is 430 g/mol. The number of piperidine rings is 1. The van der Waals surface area contributed by atoms with Crippen molar-refractivity contribution >= 4 is 35.2 Å². The summed E-state index contributed by atoms with van der Waals surface area (Å²) in [5.41, 5.74) is 0.608. The van der Waals surface area contributed by atoms with Gasteiger partial charge in [-0.3, -0.25) is 9.59 Å². The Bertz CT molecular complexity index is 885. The van der Waals surface area contributed by atoms with Crippen molar-refractivity contribution in [2.24, 2.45) is 0 Å². The second kappa shape index (κ2) is 8.67. The Balaban J connectivity index is 1.37. The maximum atomic E-state index is 12.9. The Hall–Kier alpha value is -2.18. The van der Waals surface area contributed by atoms with Gasteiger partial charge in [0.15, 0.2) is 6.61 Å². The second-order valence-corrected chi connectivity index (χ2v) is 9.14. The molecule has 0 atom stereocenters. The number of carbonyl (C=O) groups is 2. The SMILES string of the molecule is O=C(c1cccc(Cl)c1)N1CCC2(CC1)SCCN2C(=O)COc1ccccc1. The summed E-state index contributed by atoms with van der Waals surface area (Å²) in [4.78, 5) is 29.2. The lowest BCUT2D eigenvalue weighted by Crippen LogP contribution is -2.54. The van der Waals surface area contributed by atoms with E-state index in [1.165, 1.54) is 0 Å². The van der Waals surface area contributed by atoms with Gasteiger partial charge in [0, 0.05) is 36.0 Å². The standard InChI is InChI=1S/C22H23ClN2O3S/c23-18-6-4-5-17(15-18)21(27)24-11-9-22(10-12-24)25(13-14-29-22)20(26)16-28-19-7-2-1-3-8-19/h1-8,15H,9-14,16H2. The number of hydrogen-bond acceptors (Lipinski definition) is 4. The summed E-state index contributed by atoms with van der Waals surface area (Å²) in [5, 5.41) is 0.561. The van der Waals surface area contributed by atoms with E-state index in [1.54, 1.807) is 24.3 Å². The molecule has 2 heterocycles. The number of rotatable bonds is 4. The van der Waals surface area contributed by atoms with E-state index in [4.69, 9.17) is 16.3 Å². The molecule has 0 unspecified atom stereocenters. The molecule has 2 aliphatic rings. The maximum absolute atomic E-state index is 12.9. The number of amides is 2. The van der Waals surface area contributed by atoms with Gasteiger partial charge in [-0.15, -0.1) is 11.8 Å². The molecule has 0 N–H and O–H groups in total. The van der Waals surface area contributed by atoms with Gasteiger partial charge >= 0.3 is 0 Å². The molecular weight excluding hydrogens is 408 g/mol. The molecule has 5 nitrogen and oxygen atoms in total. The van der Waals surface area contributed by atoms with E-state index in [0.29, 0.717) is 29.4 Å². The first-order chi connectivity index (χ1) is 14.1. The van der Waals surface area contributed by atoms with Gasteiger partial charge < -0.3 is 14.5 Å². The smallest absolute Gasteiger partial charge is 0.261 e. The lowest BCUT2D eigenvalue weighted by atomic mass is 10.0. The minimum absolute atomic E-state index is 0.00404. The molecule has 7 heteroatoms. The zero-order valence-electron chi connectivity index (χ0n) is 16.1. The van der Waals surface area contributed by atoms with Crippen LogP contribution in [0.25, 0.3) is 0 Å². The molecule has 2 aromatic rings. The first-order valence-corrected chi connectivity index (χ1v) is 11.1. The number of hydrogen-bond donors (Lipinski definition) is 0. The van der Waals surface area contributed by atoms with Crippen molar-refractivity contribution < 1.29 is 14.3 Å². The van der Waals surface area contributed by atoms with Crippen LogP contribution >= 0.6 is 23.4 Å². The minimum atomic E-state index is -0.234. The molecule has 4 rings (SSSR count). The van der Waals surface area contributed by atoms with E-state index >= 15 is 0 Å². The molecular formula is C22H23ClN2O3S. The van der Waals surface area contributed by atoms with Crippen molar-refractivity contribution in [2.75, 3.05) is 32.0 Å². The third-order valence-electron chi connectivity index (χ3n) is 5.49. The average Bonchev–Trinajstić information content (AvgIpc) is 3.16. The van der Waals surface area contributed by atoms with Crippen LogP contribution in [0, 0.1) is 0 Å². The summed E-state index contributed by atoms with van der Waals surface area (Å²) in [5.74, 6) is 1.62. The summed E-state index contributed by atoms with van der Waals surface area (Å²) in [6, 6.07) is 16.4. The van der Waals surface area contributed by atoms with E-state index in [1.807, 2.05) is 51.9 Å². The van der Waals surface area contributed by atoms with Crippen molar-refractivity contribution in [1.29, 1.82) is 0 Å². The number of thioether (sulfide) groups is 1. The van der Waals surface area contributed by atoms with Crippen LogP contribution in [-0.2, 0) is 4.79 Å². The molecule has 1 spiro atoms. The van der Waals surface area contributed by atoms with E-state index in [9.17, 15) is 9.59 Å². The van der Waals surface area contributed by atoms with Crippen molar-refractivity contribution in [3.05, 3.63) is 65.2 Å². The quantitative estimate of drug-likeness (QED) is 0.737. The molecule has 0 bridgehead atoms. The summed E-state index contributed by atoms with van der Waals surface area (Å²) in [7, 11) is 0. The third-order valence-corrected chi connectivity index (χ3v) is 7.28. The number of carbonyl (C=O) groups excluding carboxylic acids is 2. The number of para-hydroxylation sites is 1. The highest BCUT2D eigenvalue weighted by Gasteiger charge is 2.46. The van der Waals surface area contributed by atoms with Gasteiger partial charge in [0.25, 0.3) is 11.8 Å². The summed E-state index contributed by atoms with van der Waals surface area (Å²) < 4.78 is 5.67. The predicted octanol–water partition coefficient (Wildman–Crippen LogP) is 3.93. The van der Waals surface area contributed by atoms with Gasteiger partial charge in [-0.1, -0.05) is 35.9 Å². The van der Waals surface area contributed by atoms with Crippen LogP contribution in [0.2, 0.25) is 5.02 Å². The van der Waals surface area contributed by atoms with Crippen LogP contribution < -0.4 is 4.74 Å². The van der Waals surface area contributed by atoms with Crippen LogP contribution in [0.15, 0.2) is 54.6 Å². The van der Waals surface area contributed by atoms with Gasteiger partial charge in [0.2, 0.25) is 0 Å². The normalized spacial score (nSPS) is 18.1. The van der Waals surface area contributed by atoms with Crippen molar-refractivity contribution in [3.63, 3.8) is 0 Å². The van der Waals surface area contributed by atoms with Crippen molar-refractivity contribution in [3.8, 4) is 5.75 Å². The third kappa shape index (κ3) is 4.38. The maximum Gasteiger partial charge on any atom is 0.261 e. The topological polar surface area (TPSA) is 49.9 Å². The first-order valence-electron chi connectivity index (χ1n) is 9.75. The molecule has 2 fully saturated rings. The summed E-state index contributed by atoms with van der Waals surface area (Å²) in [6.45, 7) is 2.02. The molecule has 152 valence electrons. The fourth-order valence-electron chi connectivity index (χ4n) is 3.98. The van der Waals surface area contributed by atoms with E-state index in [-0.39, 0.29) is 23.3 Å². The molecule has 2 aliphatic heterocycles. The summed E-state index contributed by atoms with van der Waals surface area (Å²) in [6.07, 6.45) is 1.53. The van der Waals surface area contributed by atoms with Crippen LogP contribution in [-0.4, -0.2) is 58.5 Å². The molecule has 2 saturated heterocycles. The van der Waals surface area contributed by atoms with Gasteiger partial charge in [0.1, 0.15) is 5.75 Å². The predicted molar refractivity (Wildman–Crippen MR) is 115 cm³/mol.